The molecule has 1 N–H and O–H groups in total. The quantitative estimate of drug-likeness (QED) is 0.810. The van der Waals surface area contributed by atoms with Gasteiger partial charge >= 0.3 is 0 Å². The average molecular weight is 283 g/mol. The van der Waals surface area contributed by atoms with Crippen LogP contribution in [0, 0.1) is 20.8 Å². The smallest absolute Gasteiger partial charge is 0.211 e. The Hall–Kier alpha value is -0.910. The van der Waals surface area contributed by atoms with Gasteiger partial charge in [-0.15, -0.1) is 0 Å². The van der Waals surface area contributed by atoms with Gasteiger partial charge in [0.05, 0.1) is 18.5 Å². The molecule has 4 nitrogen and oxygen atoms in total. The summed E-state index contributed by atoms with van der Waals surface area (Å²) in [7, 11) is -3.21. The molecule has 1 saturated heterocycles. The van der Waals surface area contributed by atoms with Gasteiger partial charge in [0, 0.05) is 6.54 Å². The molecule has 0 aliphatic carbocycles. The van der Waals surface area contributed by atoms with E-state index >= 15 is 0 Å². The molecule has 0 amide bonds. The zero-order valence-corrected chi connectivity index (χ0v) is 12.5. The first-order chi connectivity index (χ1) is 8.87. The summed E-state index contributed by atoms with van der Waals surface area (Å²) >= 11 is 0. The van der Waals surface area contributed by atoms with Gasteiger partial charge < -0.3 is 4.74 Å². The molecule has 1 atom stereocenters. The van der Waals surface area contributed by atoms with E-state index in [1.54, 1.807) is 0 Å². The maximum absolute atomic E-state index is 11.9. The van der Waals surface area contributed by atoms with Crippen molar-refractivity contribution in [3.8, 4) is 0 Å². The van der Waals surface area contributed by atoms with Crippen LogP contribution in [0.2, 0.25) is 0 Å². The summed E-state index contributed by atoms with van der Waals surface area (Å²) in [4.78, 5) is 0. The van der Waals surface area contributed by atoms with E-state index in [0.29, 0.717) is 19.6 Å². The van der Waals surface area contributed by atoms with E-state index in [2.05, 4.69) is 16.9 Å². The Bertz CT molecular complexity index is 539. The van der Waals surface area contributed by atoms with Crippen molar-refractivity contribution in [3.63, 3.8) is 0 Å². The van der Waals surface area contributed by atoms with Crippen LogP contribution in [0.25, 0.3) is 0 Å². The molecule has 19 heavy (non-hydrogen) atoms. The summed E-state index contributed by atoms with van der Waals surface area (Å²) < 4.78 is 31.4. The van der Waals surface area contributed by atoms with Gasteiger partial charge in [-0.1, -0.05) is 17.7 Å². The standard InChI is InChI=1S/C14H21NO3S/c1-10-6-11(2)14(12(3)7-10)8-15-19(16,17)5-4-13-9-18-13/h6-7,13,15H,4-5,8-9H2,1-3H3. The zero-order chi connectivity index (χ0) is 14.0. The Kier molecular flexibility index (Phi) is 4.28. The molecular formula is C14H21NO3S. The largest absolute Gasteiger partial charge is 0.373 e. The number of aryl methyl sites for hydroxylation is 3. The van der Waals surface area contributed by atoms with E-state index in [1.165, 1.54) is 5.56 Å². The Morgan fingerprint density at radius 3 is 2.37 bits per heavy atom. The summed E-state index contributed by atoms with van der Waals surface area (Å²) in [6, 6.07) is 4.16. The molecule has 1 fully saturated rings. The van der Waals surface area contributed by atoms with Crippen LogP contribution in [0.5, 0.6) is 0 Å². The van der Waals surface area contributed by atoms with Crippen molar-refractivity contribution in [2.75, 3.05) is 12.4 Å². The van der Waals surface area contributed by atoms with Gasteiger partial charge in [-0.3, -0.25) is 0 Å². The molecule has 0 spiro atoms. The number of sulfonamides is 1. The second-order valence-electron chi connectivity index (χ2n) is 5.26. The van der Waals surface area contributed by atoms with Crippen molar-refractivity contribution in [1.29, 1.82) is 0 Å². The van der Waals surface area contributed by atoms with Crippen LogP contribution in [-0.4, -0.2) is 26.9 Å². The van der Waals surface area contributed by atoms with Gasteiger partial charge in [0.2, 0.25) is 10.0 Å². The normalized spacial score (nSPS) is 18.6. The topological polar surface area (TPSA) is 58.7 Å². The van der Waals surface area contributed by atoms with Crippen molar-refractivity contribution < 1.29 is 13.2 Å². The lowest BCUT2D eigenvalue weighted by molar-refractivity contribution is 0.403. The molecule has 1 heterocycles. The molecule has 1 aromatic carbocycles. The first-order valence-corrected chi connectivity index (χ1v) is 8.18. The van der Waals surface area contributed by atoms with E-state index in [0.717, 1.165) is 16.7 Å². The monoisotopic (exact) mass is 283 g/mol. The molecule has 0 radical (unpaired) electrons. The van der Waals surface area contributed by atoms with Crippen LogP contribution in [0.4, 0.5) is 0 Å². The number of hydrogen-bond acceptors (Lipinski definition) is 3. The fraction of sp³-hybridized carbons (Fsp3) is 0.571. The zero-order valence-electron chi connectivity index (χ0n) is 11.7. The molecule has 0 saturated carbocycles. The third-order valence-electron chi connectivity index (χ3n) is 3.42. The van der Waals surface area contributed by atoms with Crippen molar-refractivity contribution >= 4 is 10.0 Å². The third kappa shape index (κ3) is 4.30. The predicted octanol–water partition coefficient (Wildman–Crippen LogP) is 1.82. The molecule has 1 unspecified atom stereocenters. The summed E-state index contributed by atoms with van der Waals surface area (Å²) in [6.07, 6.45) is 0.737. The molecule has 0 bridgehead atoms. The molecule has 1 aromatic rings. The van der Waals surface area contributed by atoms with E-state index in [1.807, 2.05) is 20.8 Å². The Balaban J connectivity index is 1.97. The van der Waals surface area contributed by atoms with Crippen molar-refractivity contribution in [3.05, 3.63) is 34.4 Å². The van der Waals surface area contributed by atoms with Gasteiger partial charge in [0.15, 0.2) is 0 Å². The molecule has 1 aliphatic rings. The molecule has 2 rings (SSSR count). The Morgan fingerprint density at radius 1 is 1.26 bits per heavy atom. The third-order valence-corrected chi connectivity index (χ3v) is 4.78. The van der Waals surface area contributed by atoms with E-state index in [4.69, 9.17) is 4.74 Å². The number of ether oxygens (including phenoxy) is 1. The lowest BCUT2D eigenvalue weighted by Gasteiger charge is -2.12. The Labute approximate surface area is 115 Å². The Morgan fingerprint density at radius 2 is 1.84 bits per heavy atom. The van der Waals surface area contributed by atoms with Gasteiger partial charge in [-0.05, 0) is 43.9 Å². The SMILES string of the molecule is Cc1cc(C)c(CNS(=O)(=O)CCC2CO2)c(C)c1. The van der Waals surface area contributed by atoms with Gasteiger partial charge in [-0.25, -0.2) is 13.1 Å². The van der Waals surface area contributed by atoms with E-state index < -0.39 is 10.0 Å². The number of rotatable bonds is 6. The highest BCUT2D eigenvalue weighted by molar-refractivity contribution is 7.89. The van der Waals surface area contributed by atoms with Crippen LogP contribution in [0.3, 0.4) is 0 Å². The van der Waals surface area contributed by atoms with Crippen LogP contribution >= 0.6 is 0 Å². The second-order valence-corrected chi connectivity index (χ2v) is 7.19. The minimum atomic E-state index is -3.21. The molecule has 5 heteroatoms. The maximum atomic E-state index is 11.9. The maximum Gasteiger partial charge on any atom is 0.211 e. The molecule has 1 aliphatic heterocycles. The predicted molar refractivity (Wildman–Crippen MR) is 75.6 cm³/mol. The van der Waals surface area contributed by atoms with E-state index in [9.17, 15) is 8.42 Å². The van der Waals surface area contributed by atoms with Gasteiger partial charge in [-0.2, -0.15) is 0 Å². The van der Waals surface area contributed by atoms with Crippen LogP contribution < -0.4 is 4.72 Å². The fourth-order valence-electron chi connectivity index (χ4n) is 2.26. The lowest BCUT2D eigenvalue weighted by atomic mass is 10.0. The highest BCUT2D eigenvalue weighted by Crippen LogP contribution is 2.17. The van der Waals surface area contributed by atoms with E-state index in [-0.39, 0.29) is 11.9 Å². The van der Waals surface area contributed by atoms with Gasteiger partial charge in [0.25, 0.3) is 0 Å². The molecule has 0 aromatic heterocycles. The summed E-state index contributed by atoms with van der Waals surface area (Å²) in [5.41, 5.74) is 4.53. The number of benzene rings is 1. The van der Waals surface area contributed by atoms with Crippen LogP contribution in [-0.2, 0) is 21.3 Å². The lowest BCUT2D eigenvalue weighted by Crippen LogP contribution is -2.27. The first-order valence-electron chi connectivity index (χ1n) is 6.53. The van der Waals surface area contributed by atoms with Crippen molar-refractivity contribution in [1.82, 2.24) is 4.72 Å². The number of nitrogens with one attached hydrogen (secondary N) is 1. The minimum Gasteiger partial charge on any atom is -0.373 e. The average Bonchev–Trinajstić information content (AvgIpc) is 3.08. The summed E-state index contributed by atoms with van der Waals surface area (Å²) in [5.74, 6) is 0.140. The number of epoxide rings is 1. The molecular weight excluding hydrogens is 262 g/mol. The van der Waals surface area contributed by atoms with Crippen LogP contribution in [0.1, 0.15) is 28.7 Å². The van der Waals surface area contributed by atoms with Crippen LogP contribution in [0.15, 0.2) is 12.1 Å². The fourth-order valence-corrected chi connectivity index (χ4v) is 3.35. The minimum absolute atomic E-state index is 0.140. The van der Waals surface area contributed by atoms with Crippen molar-refractivity contribution in [2.24, 2.45) is 0 Å². The highest BCUT2D eigenvalue weighted by Gasteiger charge is 2.24. The summed E-state index contributed by atoms with van der Waals surface area (Å²) in [6.45, 7) is 7.14. The van der Waals surface area contributed by atoms with Gasteiger partial charge in [0.1, 0.15) is 0 Å². The second kappa shape index (κ2) is 5.61. The summed E-state index contributed by atoms with van der Waals surface area (Å²) in [5, 5.41) is 0. The first kappa shape index (κ1) is 14.5. The molecule has 106 valence electrons. The highest BCUT2D eigenvalue weighted by atomic mass is 32.2. The number of hydrogen-bond donors (Lipinski definition) is 1. The van der Waals surface area contributed by atoms with Crippen molar-refractivity contribution in [2.45, 2.75) is 39.8 Å².